The minimum absolute atomic E-state index is 0.283. The normalized spacial score (nSPS) is 11.8. The topological polar surface area (TPSA) is 59.5 Å². The van der Waals surface area contributed by atoms with Crippen LogP contribution in [0.1, 0.15) is 41.5 Å². The predicted octanol–water partition coefficient (Wildman–Crippen LogP) is 2.96. The van der Waals surface area contributed by atoms with Crippen LogP contribution in [0.4, 0.5) is 0 Å². The molecule has 0 spiro atoms. The van der Waals surface area contributed by atoms with Crippen molar-refractivity contribution in [2.75, 3.05) is 0 Å². The van der Waals surface area contributed by atoms with Crippen LogP contribution in [0.3, 0.4) is 0 Å². The minimum Gasteiger partial charge on any atom is -0.477 e. The minimum atomic E-state index is -0.928. The number of aryl methyl sites for hydroxylation is 1. The lowest BCUT2D eigenvalue weighted by atomic mass is 10.0. The molecule has 20 heavy (non-hydrogen) atoms. The summed E-state index contributed by atoms with van der Waals surface area (Å²) in [5.74, 6) is 0.0864. The lowest BCUT2D eigenvalue weighted by Crippen LogP contribution is -2.04. The molecule has 2 heterocycles. The highest BCUT2D eigenvalue weighted by Crippen LogP contribution is 2.28. The second-order valence-electron chi connectivity index (χ2n) is 5.42. The Kier molecular flexibility index (Phi) is 2.61. The fourth-order valence-corrected chi connectivity index (χ4v) is 2.74. The molecule has 0 atom stereocenters. The van der Waals surface area contributed by atoms with Crippen LogP contribution in [-0.4, -0.2) is 25.0 Å². The van der Waals surface area contributed by atoms with Crippen molar-refractivity contribution in [3.05, 3.63) is 35.2 Å². The molecular formula is C15H17N3O2. The predicted molar refractivity (Wildman–Crippen MR) is 77.5 cm³/mol. The van der Waals surface area contributed by atoms with Crippen molar-refractivity contribution in [3.8, 4) is 0 Å². The number of aromatic carboxylic acids is 1. The zero-order chi connectivity index (χ0) is 14.6. The number of nitrogens with zero attached hydrogens (tertiary/aromatic N) is 3. The average molecular weight is 271 g/mol. The second-order valence-corrected chi connectivity index (χ2v) is 5.42. The number of rotatable bonds is 2. The smallest absolute Gasteiger partial charge is 0.354 e. The van der Waals surface area contributed by atoms with Gasteiger partial charge in [0.05, 0.1) is 11.0 Å². The maximum atomic E-state index is 11.5. The highest BCUT2D eigenvalue weighted by atomic mass is 16.4. The summed E-state index contributed by atoms with van der Waals surface area (Å²) in [5, 5.41) is 9.47. The quantitative estimate of drug-likeness (QED) is 0.779. The van der Waals surface area contributed by atoms with E-state index in [2.05, 4.69) is 18.8 Å². The van der Waals surface area contributed by atoms with E-state index in [0.29, 0.717) is 17.4 Å². The van der Waals surface area contributed by atoms with Crippen molar-refractivity contribution in [1.82, 2.24) is 14.0 Å². The Bertz CT molecular complexity index is 840. The molecule has 5 heteroatoms. The molecule has 0 radical (unpaired) electrons. The molecule has 1 N–H and O–H groups in total. The van der Waals surface area contributed by atoms with E-state index in [1.54, 1.807) is 11.3 Å². The van der Waals surface area contributed by atoms with Crippen LogP contribution in [0.2, 0.25) is 0 Å². The van der Waals surface area contributed by atoms with Gasteiger partial charge in [0.15, 0.2) is 5.69 Å². The summed E-state index contributed by atoms with van der Waals surface area (Å²) in [6, 6.07) is 5.93. The first kappa shape index (κ1) is 12.7. The summed E-state index contributed by atoms with van der Waals surface area (Å²) in [7, 11) is 1.85. The maximum Gasteiger partial charge on any atom is 0.354 e. The highest BCUT2D eigenvalue weighted by Gasteiger charge is 2.22. The third kappa shape index (κ3) is 1.49. The Morgan fingerprint density at radius 2 is 2.05 bits per heavy atom. The van der Waals surface area contributed by atoms with Crippen LogP contribution in [0, 0.1) is 6.92 Å². The molecule has 2 aromatic heterocycles. The van der Waals surface area contributed by atoms with Gasteiger partial charge in [0, 0.05) is 12.7 Å². The highest BCUT2D eigenvalue weighted by molar-refractivity contribution is 5.93. The van der Waals surface area contributed by atoms with Crippen molar-refractivity contribution in [3.63, 3.8) is 0 Å². The molecule has 0 saturated carbocycles. The fourth-order valence-electron chi connectivity index (χ4n) is 2.74. The molecule has 104 valence electrons. The van der Waals surface area contributed by atoms with Crippen molar-refractivity contribution >= 4 is 22.8 Å². The average Bonchev–Trinajstić information content (AvgIpc) is 2.86. The molecule has 0 aliphatic carbocycles. The Morgan fingerprint density at radius 3 is 2.65 bits per heavy atom. The summed E-state index contributed by atoms with van der Waals surface area (Å²) in [6.07, 6.45) is 0. The largest absolute Gasteiger partial charge is 0.477 e. The van der Waals surface area contributed by atoms with E-state index in [4.69, 9.17) is 0 Å². The van der Waals surface area contributed by atoms with Gasteiger partial charge in [0.2, 0.25) is 5.78 Å². The monoisotopic (exact) mass is 271 g/mol. The van der Waals surface area contributed by atoms with E-state index in [1.807, 2.05) is 29.8 Å². The summed E-state index contributed by atoms with van der Waals surface area (Å²) in [6.45, 7) is 6.03. The lowest BCUT2D eigenvalue weighted by molar-refractivity contribution is 0.0688. The van der Waals surface area contributed by atoms with Gasteiger partial charge in [0.25, 0.3) is 0 Å². The van der Waals surface area contributed by atoms with Crippen molar-refractivity contribution in [2.45, 2.75) is 26.7 Å². The molecule has 0 unspecified atom stereocenters. The Labute approximate surface area is 116 Å². The van der Waals surface area contributed by atoms with E-state index < -0.39 is 5.97 Å². The zero-order valence-electron chi connectivity index (χ0n) is 12.0. The van der Waals surface area contributed by atoms with Crippen LogP contribution >= 0.6 is 0 Å². The molecule has 0 aliphatic heterocycles. The van der Waals surface area contributed by atoms with Gasteiger partial charge in [-0.1, -0.05) is 26.0 Å². The molecule has 1 aromatic carbocycles. The SMILES string of the molecule is Cc1c(C(=O)O)n2c3cccc(C(C)C)c3nc2n1C. The summed E-state index contributed by atoms with van der Waals surface area (Å²) >= 11 is 0. The maximum absolute atomic E-state index is 11.5. The van der Waals surface area contributed by atoms with Gasteiger partial charge in [-0.05, 0) is 24.5 Å². The van der Waals surface area contributed by atoms with E-state index in [-0.39, 0.29) is 5.69 Å². The number of hydrogen-bond donors (Lipinski definition) is 1. The molecular weight excluding hydrogens is 254 g/mol. The third-order valence-electron chi connectivity index (χ3n) is 3.89. The van der Waals surface area contributed by atoms with Crippen molar-refractivity contribution < 1.29 is 9.90 Å². The Hall–Kier alpha value is -2.30. The number of hydrogen-bond acceptors (Lipinski definition) is 2. The number of imidazole rings is 2. The molecule has 0 aliphatic rings. The molecule has 0 saturated heterocycles. The van der Waals surface area contributed by atoms with Crippen LogP contribution in [0.25, 0.3) is 16.8 Å². The van der Waals surface area contributed by atoms with Gasteiger partial charge in [-0.2, -0.15) is 0 Å². The first-order chi connectivity index (χ1) is 9.43. The standard InChI is InChI=1S/C15H17N3O2/c1-8(2)10-6-5-7-11-12(10)16-15-17(4)9(3)13(14(19)20)18(11)15/h5-8H,1-4H3,(H,19,20). The second kappa shape index (κ2) is 4.10. The Morgan fingerprint density at radius 1 is 1.35 bits per heavy atom. The molecule has 5 nitrogen and oxygen atoms in total. The lowest BCUT2D eigenvalue weighted by Gasteiger charge is -2.06. The first-order valence-electron chi connectivity index (χ1n) is 6.63. The fraction of sp³-hybridized carbons (Fsp3) is 0.333. The summed E-state index contributed by atoms with van der Waals surface area (Å²) in [4.78, 5) is 16.2. The molecule has 0 fully saturated rings. The van der Waals surface area contributed by atoms with Gasteiger partial charge >= 0.3 is 5.97 Å². The molecule has 3 rings (SSSR count). The Balaban J connectivity index is 2.54. The summed E-state index contributed by atoms with van der Waals surface area (Å²) < 4.78 is 3.56. The van der Waals surface area contributed by atoms with Gasteiger partial charge < -0.3 is 9.67 Å². The van der Waals surface area contributed by atoms with Crippen LogP contribution in [0.15, 0.2) is 18.2 Å². The van der Waals surface area contributed by atoms with Crippen LogP contribution < -0.4 is 0 Å². The van der Waals surface area contributed by atoms with Crippen LogP contribution in [-0.2, 0) is 7.05 Å². The van der Waals surface area contributed by atoms with Crippen LogP contribution in [0.5, 0.6) is 0 Å². The zero-order valence-corrected chi connectivity index (χ0v) is 12.0. The molecule has 0 amide bonds. The van der Waals surface area contributed by atoms with E-state index >= 15 is 0 Å². The number of carboxylic acid groups (broad SMARTS) is 1. The van der Waals surface area contributed by atoms with Gasteiger partial charge in [-0.3, -0.25) is 4.40 Å². The number of fused-ring (bicyclic) bond motifs is 3. The van der Waals surface area contributed by atoms with E-state index in [0.717, 1.165) is 16.6 Å². The first-order valence-corrected chi connectivity index (χ1v) is 6.63. The number of carboxylic acids is 1. The van der Waals surface area contributed by atoms with Gasteiger partial charge in [-0.15, -0.1) is 0 Å². The summed E-state index contributed by atoms with van der Waals surface area (Å²) in [5.41, 5.74) is 3.87. The van der Waals surface area contributed by atoms with E-state index in [1.165, 1.54) is 0 Å². The number of carbonyl (C=O) groups is 1. The van der Waals surface area contributed by atoms with Crippen molar-refractivity contribution in [2.24, 2.45) is 7.05 Å². The van der Waals surface area contributed by atoms with E-state index in [9.17, 15) is 9.90 Å². The third-order valence-corrected chi connectivity index (χ3v) is 3.89. The van der Waals surface area contributed by atoms with Gasteiger partial charge in [0.1, 0.15) is 0 Å². The number of aromatic nitrogens is 3. The molecule has 3 aromatic rings. The van der Waals surface area contributed by atoms with Gasteiger partial charge in [-0.25, -0.2) is 9.78 Å². The molecule has 0 bridgehead atoms. The number of benzene rings is 1. The number of para-hydroxylation sites is 1. The van der Waals surface area contributed by atoms with Crippen molar-refractivity contribution in [1.29, 1.82) is 0 Å².